The second-order valence-corrected chi connectivity index (χ2v) is 4.03. The van der Waals surface area contributed by atoms with Crippen LogP contribution in [-0.2, 0) is 11.3 Å². The van der Waals surface area contributed by atoms with E-state index in [-0.39, 0.29) is 0 Å². The number of rotatable bonds is 7. The van der Waals surface area contributed by atoms with Gasteiger partial charge in [-0.1, -0.05) is 13.8 Å². The van der Waals surface area contributed by atoms with E-state index in [1.807, 2.05) is 19.9 Å². The molecule has 0 aliphatic carbocycles. The Morgan fingerprint density at radius 2 is 2.22 bits per heavy atom. The van der Waals surface area contributed by atoms with Gasteiger partial charge in [-0.15, -0.1) is 0 Å². The summed E-state index contributed by atoms with van der Waals surface area (Å²) in [4.78, 5) is 15.3. The fourth-order valence-corrected chi connectivity index (χ4v) is 1.54. The standard InChI is InChI=1S/C13H20N2O3/c1-4-11(13(16)17)18-12-7-6-9(3)15-10(12)8-14-5-2/h6-7,11,14H,4-5,8H2,1-3H3,(H,16,17). The Balaban J connectivity index is 2.89. The van der Waals surface area contributed by atoms with Crippen molar-refractivity contribution in [1.82, 2.24) is 10.3 Å². The van der Waals surface area contributed by atoms with E-state index < -0.39 is 12.1 Å². The predicted molar refractivity (Wildman–Crippen MR) is 68.7 cm³/mol. The van der Waals surface area contributed by atoms with Gasteiger partial charge in [0.1, 0.15) is 5.75 Å². The highest BCUT2D eigenvalue weighted by Gasteiger charge is 2.18. The van der Waals surface area contributed by atoms with Gasteiger partial charge in [0.05, 0.1) is 5.69 Å². The lowest BCUT2D eigenvalue weighted by atomic mass is 10.2. The molecule has 100 valence electrons. The Kier molecular flexibility index (Phi) is 5.58. The molecule has 0 aromatic carbocycles. The predicted octanol–water partition coefficient (Wildman–Crippen LogP) is 1.74. The third kappa shape index (κ3) is 4.00. The van der Waals surface area contributed by atoms with Crippen molar-refractivity contribution in [2.24, 2.45) is 0 Å². The summed E-state index contributed by atoms with van der Waals surface area (Å²) in [6, 6.07) is 3.60. The van der Waals surface area contributed by atoms with Gasteiger partial charge in [-0.2, -0.15) is 0 Å². The lowest BCUT2D eigenvalue weighted by Crippen LogP contribution is -2.27. The zero-order valence-corrected chi connectivity index (χ0v) is 11.1. The van der Waals surface area contributed by atoms with Crippen molar-refractivity contribution in [3.05, 3.63) is 23.5 Å². The summed E-state index contributed by atoms with van der Waals surface area (Å²) in [5.41, 5.74) is 1.63. The van der Waals surface area contributed by atoms with Crippen molar-refractivity contribution >= 4 is 5.97 Å². The van der Waals surface area contributed by atoms with Crippen LogP contribution in [0.15, 0.2) is 12.1 Å². The summed E-state index contributed by atoms with van der Waals surface area (Å²) in [6.07, 6.45) is -0.404. The number of aliphatic carboxylic acids is 1. The normalized spacial score (nSPS) is 12.2. The molecular formula is C13H20N2O3. The van der Waals surface area contributed by atoms with E-state index in [9.17, 15) is 4.79 Å². The molecule has 5 heteroatoms. The van der Waals surface area contributed by atoms with Crippen LogP contribution in [0.4, 0.5) is 0 Å². The van der Waals surface area contributed by atoms with Crippen molar-refractivity contribution in [3.63, 3.8) is 0 Å². The van der Waals surface area contributed by atoms with Gasteiger partial charge in [-0.25, -0.2) is 4.79 Å². The maximum absolute atomic E-state index is 11.0. The van der Waals surface area contributed by atoms with E-state index in [0.29, 0.717) is 18.7 Å². The Morgan fingerprint density at radius 1 is 1.50 bits per heavy atom. The molecule has 0 saturated carbocycles. The second kappa shape index (κ2) is 6.96. The second-order valence-electron chi connectivity index (χ2n) is 4.03. The van der Waals surface area contributed by atoms with Gasteiger partial charge in [-0.3, -0.25) is 4.98 Å². The molecule has 18 heavy (non-hydrogen) atoms. The summed E-state index contributed by atoms with van der Waals surface area (Å²) in [7, 11) is 0. The molecule has 1 rings (SSSR count). The van der Waals surface area contributed by atoms with Crippen LogP contribution < -0.4 is 10.1 Å². The van der Waals surface area contributed by atoms with E-state index in [2.05, 4.69) is 10.3 Å². The SMILES string of the molecule is CCNCc1nc(C)ccc1OC(CC)C(=O)O. The van der Waals surface area contributed by atoms with Gasteiger partial charge in [0.25, 0.3) is 0 Å². The fourth-order valence-electron chi connectivity index (χ4n) is 1.54. The lowest BCUT2D eigenvalue weighted by Gasteiger charge is -2.16. The minimum Gasteiger partial charge on any atom is -0.479 e. The minimum atomic E-state index is -0.951. The molecule has 2 N–H and O–H groups in total. The highest BCUT2D eigenvalue weighted by molar-refractivity contribution is 5.72. The van der Waals surface area contributed by atoms with E-state index in [0.717, 1.165) is 17.9 Å². The molecule has 0 fully saturated rings. The van der Waals surface area contributed by atoms with Crippen LogP contribution in [0, 0.1) is 6.92 Å². The van der Waals surface area contributed by atoms with Crippen LogP contribution in [0.5, 0.6) is 5.75 Å². The number of ether oxygens (including phenoxy) is 1. The van der Waals surface area contributed by atoms with E-state index in [1.54, 1.807) is 13.0 Å². The number of hydrogen-bond acceptors (Lipinski definition) is 4. The molecule has 0 amide bonds. The van der Waals surface area contributed by atoms with Gasteiger partial charge in [0, 0.05) is 12.2 Å². The molecule has 5 nitrogen and oxygen atoms in total. The first-order valence-electron chi connectivity index (χ1n) is 6.15. The average Bonchev–Trinajstić information content (AvgIpc) is 2.34. The number of pyridine rings is 1. The fraction of sp³-hybridized carbons (Fsp3) is 0.538. The van der Waals surface area contributed by atoms with E-state index >= 15 is 0 Å². The number of carboxylic acids is 1. The summed E-state index contributed by atoms with van der Waals surface area (Å²) in [5, 5.41) is 12.2. The van der Waals surface area contributed by atoms with Crippen LogP contribution in [-0.4, -0.2) is 28.7 Å². The molecule has 0 aliphatic rings. The zero-order chi connectivity index (χ0) is 13.5. The Bertz CT molecular complexity index is 407. The molecule has 1 heterocycles. The Labute approximate surface area is 107 Å². The van der Waals surface area contributed by atoms with E-state index in [1.165, 1.54) is 0 Å². The van der Waals surface area contributed by atoms with Gasteiger partial charge in [0.2, 0.25) is 0 Å². The van der Waals surface area contributed by atoms with Crippen molar-refractivity contribution in [3.8, 4) is 5.75 Å². The average molecular weight is 252 g/mol. The summed E-state index contributed by atoms with van der Waals surface area (Å²) >= 11 is 0. The van der Waals surface area contributed by atoms with Gasteiger partial charge in [-0.05, 0) is 32.0 Å². The van der Waals surface area contributed by atoms with Crippen LogP contribution in [0.1, 0.15) is 31.7 Å². The number of carbonyl (C=O) groups is 1. The molecule has 1 aromatic rings. The number of aromatic nitrogens is 1. The molecule has 0 spiro atoms. The molecule has 1 unspecified atom stereocenters. The van der Waals surface area contributed by atoms with Crippen LogP contribution >= 0.6 is 0 Å². The van der Waals surface area contributed by atoms with Gasteiger partial charge >= 0.3 is 5.97 Å². The molecule has 0 aliphatic heterocycles. The lowest BCUT2D eigenvalue weighted by molar-refractivity contribution is -0.145. The number of carboxylic acid groups (broad SMARTS) is 1. The van der Waals surface area contributed by atoms with Crippen LogP contribution in [0.3, 0.4) is 0 Å². The molecule has 0 radical (unpaired) electrons. The number of nitrogens with one attached hydrogen (secondary N) is 1. The van der Waals surface area contributed by atoms with Gasteiger partial charge in [0.15, 0.2) is 6.10 Å². The molecular weight excluding hydrogens is 232 g/mol. The largest absolute Gasteiger partial charge is 0.479 e. The first-order valence-corrected chi connectivity index (χ1v) is 6.15. The molecule has 1 aromatic heterocycles. The topological polar surface area (TPSA) is 71.5 Å². The summed E-state index contributed by atoms with van der Waals surface area (Å²) < 4.78 is 5.51. The van der Waals surface area contributed by atoms with Crippen LogP contribution in [0.2, 0.25) is 0 Å². The van der Waals surface area contributed by atoms with E-state index in [4.69, 9.17) is 9.84 Å². The maximum Gasteiger partial charge on any atom is 0.344 e. The molecule has 0 saturated heterocycles. The quantitative estimate of drug-likeness (QED) is 0.773. The molecule has 0 bridgehead atoms. The highest BCUT2D eigenvalue weighted by Crippen LogP contribution is 2.19. The monoisotopic (exact) mass is 252 g/mol. The number of aryl methyl sites for hydroxylation is 1. The Hall–Kier alpha value is -1.62. The third-order valence-electron chi connectivity index (χ3n) is 2.53. The highest BCUT2D eigenvalue weighted by atomic mass is 16.5. The van der Waals surface area contributed by atoms with Crippen molar-refractivity contribution in [2.75, 3.05) is 6.54 Å². The number of hydrogen-bond donors (Lipinski definition) is 2. The minimum absolute atomic E-state index is 0.420. The van der Waals surface area contributed by atoms with Crippen molar-refractivity contribution in [2.45, 2.75) is 39.8 Å². The third-order valence-corrected chi connectivity index (χ3v) is 2.53. The first-order chi connectivity index (χ1) is 8.58. The Morgan fingerprint density at radius 3 is 2.78 bits per heavy atom. The molecule has 1 atom stereocenters. The van der Waals surface area contributed by atoms with Crippen molar-refractivity contribution in [1.29, 1.82) is 0 Å². The first kappa shape index (κ1) is 14.4. The summed E-state index contributed by atoms with van der Waals surface area (Å²) in [6.45, 7) is 7.08. The zero-order valence-electron chi connectivity index (χ0n) is 11.1. The smallest absolute Gasteiger partial charge is 0.344 e. The van der Waals surface area contributed by atoms with Crippen molar-refractivity contribution < 1.29 is 14.6 Å². The number of nitrogens with zero attached hydrogens (tertiary/aromatic N) is 1. The maximum atomic E-state index is 11.0. The van der Waals surface area contributed by atoms with Crippen LogP contribution in [0.25, 0.3) is 0 Å². The van der Waals surface area contributed by atoms with Gasteiger partial charge < -0.3 is 15.2 Å². The summed E-state index contributed by atoms with van der Waals surface area (Å²) in [5.74, 6) is -0.414.